The van der Waals surface area contributed by atoms with Crippen LogP contribution < -0.4 is 5.30 Å². The molecule has 4 aromatic carbocycles. The molecule has 5 heteroatoms. The van der Waals surface area contributed by atoms with Gasteiger partial charge in [0.2, 0.25) is 0 Å². The summed E-state index contributed by atoms with van der Waals surface area (Å²) in [5.74, 6) is 0. The molecule has 0 bridgehead atoms. The normalized spacial score (nSPS) is 11.7. The van der Waals surface area contributed by atoms with Gasteiger partial charge in [0.25, 0.3) is 0 Å². The lowest BCUT2D eigenvalue weighted by Crippen LogP contribution is -2.14. The summed E-state index contributed by atoms with van der Waals surface area (Å²) in [7, 11) is -3.56. The van der Waals surface area contributed by atoms with Crippen LogP contribution in [-0.2, 0) is 26.6 Å². The van der Waals surface area contributed by atoms with Gasteiger partial charge in [-0.25, -0.2) is 0 Å². The van der Waals surface area contributed by atoms with E-state index in [1.165, 1.54) is 21.9 Å². The van der Waals surface area contributed by atoms with Gasteiger partial charge in [-0.2, -0.15) is 0 Å². The number of rotatable bonds is 10. The summed E-state index contributed by atoms with van der Waals surface area (Å²) in [6.07, 6.45) is 0.687. The SMILES string of the molecule is CCOP(=O)(OCC)c1cc(Cc2cccc3ccccc23)n(Cc2ccccc2)c1-c1ccccc1. The van der Waals surface area contributed by atoms with Gasteiger partial charge in [0, 0.05) is 18.7 Å². The standard InChI is InChI=1S/C32H32NO3P/c1-3-35-37(34,36-4-2)31-23-29(22-28-20-13-19-26-16-11-12-21-30(26)28)33(24-25-14-7-5-8-15-25)32(31)27-17-9-6-10-18-27/h5-21,23H,3-4,22,24H2,1-2H3. The van der Waals surface area contributed by atoms with E-state index in [9.17, 15) is 4.57 Å². The summed E-state index contributed by atoms with van der Waals surface area (Å²) < 4.78 is 28.3. The van der Waals surface area contributed by atoms with Crippen LogP contribution in [0.4, 0.5) is 0 Å². The lowest BCUT2D eigenvalue weighted by molar-refractivity contribution is 0.230. The quantitative estimate of drug-likeness (QED) is 0.180. The van der Waals surface area contributed by atoms with E-state index in [1.807, 2.05) is 44.2 Å². The van der Waals surface area contributed by atoms with E-state index in [0.717, 1.165) is 17.0 Å². The topological polar surface area (TPSA) is 40.5 Å². The van der Waals surface area contributed by atoms with Crippen molar-refractivity contribution in [1.82, 2.24) is 4.57 Å². The summed E-state index contributed by atoms with van der Waals surface area (Å²) >= 11 is 0. The highest BCUT2D eigenvalue weighted by Crippen LogP contribution is 2.50. The first-order valence-electron chi connectivity index (χ1n) is 12.8. The lowest BCUT2D eigenvalue weighted by atomic mass is 10.0. The molecule has 37 heavy (non-hydrogen) atoms. The average Bonchev–Trinajstić information content (AvgIpc) is 3.28. The average molecular weight is 510 g/mol. The summed E-state index contributed by atoms with van der Waals surface area (Å²) in [6.45, 7) is 4.95. The molecular weight excluding hydrogens is 477 g/mol. The van der Waals surface area contributed by atoms with Gasteiger partial charge in [0.15, 0.2) is 0 Å². The second-order valence-corrected chi connectivity index (χ2v) is 10.9. The van der Waals surface area contributed by atoms with Crippen molar-refractivity contribution in [3.63, 3.8) is 0 Å². The van der Waals surface area contributed by atoms with E-state index in [2.05, 4.69) is 83.4 Å². The predicted molar refractivity (Wildman–Crippen MR) is 153 cm³/mol. The Morgan fingerprint density at radius 2 is 1.35 bits per heavy atom. The molecule has 1 aromatic heterocycles. The first kappa shape index (κ1) is 25.2. The van der Waals surface area contributed by atoms with Crippen molar-refractivity contribution < 1.29 is 13.6 Å². The maximum absolute atomic E-state index is 14.2. The molecule has 5 aromatic rings. The van der Waals surface area contributed by atoms with Crippen LogP contribution in [0.2, 0.25) is 0 Å². The Morgan fingerprint density at radius 3 is 2.05 bits per heavy atom. The Kier molecular flexibility index (Phi) is 7.71. The molecule has 0 atom stereocenters. The number of hydrogen-bond donors (Lipinski definition) is 0. The molecule has 0 unspecified atom stereocenters. The first-order chi connectivity index (χ1) is 18.1. The predicted octanol–water partition coefficient (Wildman–Crippen LogP) is 7.84. The Hall–Kier alpha value is -3.43. The van der Waals surface area contributed by atoms with Crippen LogP contribution in [0.25, 0.3) is 22.0 Å². The maximum Gasteiger partial charge on any atom is 0.363 e. The molecule has 0 amide bonds. The summed E-state index contributed by atoms with van der Waals surface area (Å²) in [6, 6.07) is 37.4. The van der Waals surface area contributed by atoms with Crippen molar-refractivity contribution in [1.29, 1.82) is 0 Å². The largest absolute Gasteiger partial charge is 0.363 e. The van der Waals surface area contributed by atoms with Gasteiger partial charge in [0.1, 0.15) is 0 Å². The summed E-state index contributed by atoms with van der Waals surface area (Å²) in [4.78, 5) is 0. The monoisotopic (exact) mass is 509 g/mol. The molecule has 188 valence electrons. The molecule has 0 aliphatic carbocycles. The van der Waals surface area contributed by atoms with Gasteiger partial charge in [-0.15, -0.1) is 0 Å². The maximum atomic E-state index is 14.2. The highest BCUT2D eigenvalue weighted by atomic mass is 31.2. The van der Waals surface area contributed by atoms with Gasteiger partial charge in [0.05, 0.1) is 24.2 Å². The van der Waals surface area contributed by atoms with Gasteiger partial charge in [-0.3, -0.25) is 4.57 Å². The van der Waals surface area contributed by atoms with E-state index in [4.69, 9.17) is 9.05 Å². The first-order valence-corrected chi connectivity index (χ1v) is 14.3. The highest BCUT2D eigenvalue weighted by molar-refractivity contribution is 7.62. The van der Waals surface area contributed by atoms with Gasteiger partial charge in [-0.05, 0) is 47.4 Å². The Morgan fingerprint density at radius 1 is 0.730 bits per heavy atom. The Balaban J connectivity index is 1.75. The van der Waals surface area contributed by atoms with Crippen molar-refractivity contribution in [3.05, 3.63) is 126 Å². The summed E-state index contributed by atoms with van der Waals surface area (Å²) in [5.41, 5.74) is 5.32. The third-order valence-electron chi connectivity index (χ3n) is 6.54. The Bertz CT molecular complexity index is 1510. The van der Waals surface area contributed by atoms with Crippen molar-refractivity contribution in [2.24, 2.45) is 0 Å². The molecular formula is C32H32NO3P. The fourth-order valence-electron chi connectivity index (χ4n) is 4.95. The number of benzene rings is 4. The summed E-state index contributed by atoms with van der Waals surface area (Å²) in [5, 5.41) is 3.05. The van der Waals surface area contributed by atoms with Crippen LogP contribution >= 0.6 is 7.60 Å². The molecule has 0 fully saturated rings. The smallest absolute Gasteiger partial charge is 0.339 e. The second-order valence-electron chi connectivity index (χ2n) is 8.96. The molecule has 4 nitrogen and oxygen atoms in total. The zero-order chi connectivity index (χ0) is 25.7. The van der Waals surface area contributed by atoms with Gasteiger partial charge >= 0.3 is 7.60 Å². The molecule has 5 rings (SSSR count). The second kappa shape index (κ2) is 11.3. The molecule has 0 aliphatic heterocycles. The number of hydrogen-bond acceptors (Lipinski definition) is 3. The van der Waals surface area contributed by atoms with Gasteiger partial charge in [-0.1, -0.05) is 103 Å². The third kappa shape index (κ3) is 5.33. The molecule has 1 heterocycles. The van der Waals surface area contributed by atoms with E-state index < -0.39 is 7.60 Å². The number of aromatic nitrogens is 1. The fraction of sp³-hybridized carbons (Fsp3) is 0.188. The van der Waals surface area contributed by atoms with E-state index in [0.29, 0.717) is 31.5 Å². The molecule has 0 radical (unpaired) electrons. The van der Waals surface area contributed by atoms with E-state index in [-0.39, 0.29) is 0 Å². The minimum atomic E-state index is -3.56. The van der Waals surface area contributed by atoms with Crippen molar-refractivity contribution in [2.75, 3.05) is 13.2 Å². The van der Waals surface area contributed by atoms with Gasteiger partial charge < -0.3 is 13.6 Å². The fourth-order valence-corrected chi connectivity index (χ4v) is 6.79. The highest BCUT2D eigenvalue weighted by Gasteiger charge is 2.34. The van der Waals surface area contributed by atoms with Crippen molar-refractivity contribution in [3.8, 4) is 11.3 Å². The van der Waals surface area contributed by atoms with Crippen LogP contribution in [0.1, 0.15) is 30.7 Å². The van der Waals surface area contributed by atoms with Crippen molar-refractivity contribution >= 4 is 23.7 Å². The molecule has 0 spiro atoms. The zero-order valence-electron chi connectivity index (χ0n) is 21.3. The third-order valence-corrected chi connectivity index (χ3v) is 8.67. The molecule has 0 N–H and O–H groups in total. The van der Waals surface area contributed by atoms with Crippen LogP contribution in [0, 0.1) is 0 Å². The molecule has 0 saturated heterocycles. The molecule has 0 saturated carbocycles. The van der Waals surface area contributed by atoms with Crippen LogP contribution in [0.5, 0.6) is 0 Å². The van der Waals surface area contributed by atoms with Crippen LogP contribution in [0.15, 0.2) is 109 Å². The molecule has 0 aliphatic rings. The van der Waals surface area contributed by atoms with E-state index in [1.54, 1.807) is 0 Å². The van der Waals surface area contributed by atoms with E-state index >= 15 is 0 Å². The van der Waals surface area contributed by atoms with Crippen molar-refractivity contribution in [2.45, 2.75) is 26.8 Å². The zero-order valence-corrected chi connectivity index (χ0v) is 22.2. The van der Waals surface area contributed by atoms with Crippen LogP contribution in [-0.4, -0.2) is 17.8 Å². The lowest BCUT2D eigenvalue weighted by Gasteiger charge is -2.20. The Labute approximate surface area is 219 Å². The number of nitrogens with zero attached hydrogens (tertiary/aromatic N) is 1. The minimum absolute atomic E-state index is 0.300. The number of fused-ring (bicyclic) bond motifs is 1. The minimum Gasteiger partial charge on any atom is -0.339 e. The van der Waals surface area contributed by atoms with Crippen LogP contribution in [0.3, 0.4) is 0 Å².